The maximum absolute atomic E-state index is 12.2. The first-order chi connectivity index (χ1) is 10.8. The molecule has 6 heteroatoms. The van der Waals surface area contributed by atoms with Gasteiger partial charge in [-0.15, -0.1) is 0 Å². The monoisotopic (exact) mass is 342 g/mol. The number of hydrogen-bond donors (Lipinski definition) is 1. The van der Waals surface area contributed by atoms with Gasteiger partial charge in [0.15, 0.2) is 9.84 Å². The van der Waals surface area contributed by atoms with E-state index in [-0.39, 0.29) is 23.5 Å². The molecule has 132 valence electrons. The largest absolute Gasteiger partial charge is 0.351 e. The zero-order valence-corrected chi connectivity index (χ0v) is 15.4. The molecular formula is C17H30N2O3S. The number of carbonyl (C=O) groups excluding carboxylic acids is 1. The van der Waals surface area contributed by atoms with Crippen LogP contribution >= 0.6 is 0 Å². The maximum atomic E-state index is 12.2. The number of sulfone groups is 1. The lowest BCUT2D eigenvalue weighted by molar-refractivity contribution is -0.122. The van der Waals surface area contributed by atoms with Crippen LogP contribution in [0.3, 0.4) is 0 Å². The summed E-state index contributed by atoms with van der Waals surface area (Å²) in [5, 5.41) is 2.88. The Balaban J connectivity index is 1.85. The first-order valence-electron chi connectivity index (χ1n) is 8.69. The molecule has 0 unspecified atom stereocenters. The van der Waals surface area contributed by atoms with Crippen LogP contribution in [0.15, 0.2) is 11.6 Å². The van der Waals surface area contributed by atoms with Crippen LogP contribution in [-0.2, 0) is 14.6 Å². The van der Waals surface area contributed by atoms with Gasteiger partial charge in [0.05, 0.1) is 18.1 Å². The molecule has 1 heterocycles. The molecule has 1 saturated heterocycles. The van der Waals surface area contributed by atoms with E-state index >= 15 is 0 Å². The highest BCUT2D eigenvalue weighted by Crippen LogP contribution is 2.30. The van der Waals surface area contributed by atoms with Gasteiger partial charge < -0.3 is 5.32 Å². The van der Waals surface area contributed by atoms with Gasteiger partial charge in [-0.2, -0.15) is 0 Å². The number of nitrogens with zero attached hydrogens (tertiary/aromatic N) is 1. The van der Waals surface area contributed by atoms with Gasteiger partial charge in [0.2, 0.25) is 5.91 Å². The third-order valence-corrected chi connectivity index (χ3v) is 6.99. The molecule has 1 amide bonds. The van der Waals surface area contributed by atoms with Crippen LogP contribution in [0.4, 0.5) is 0 Å². The predicted molar refractivity (Wildman–Crippen MR) is 93.0 cm³/mol. The first-order valence-corrected chi connectivity index (χ1v) is 10.5. The van der Waals surface area contributed by atoms with Crippen molar-refractivity contribution >= 4 is 15.7 Å². The molecule has 23 heavy (non-hydrogen) atoms. The van der Waals surface area contributed by atoms with Crippen LogP contribution < -0.4 is 5.32 Å². The molecule has 2 rings (SSSR count). The van der Waals surface area contributed by atoms with E-state index in [0.29, 0.717) is 24.8 Å². The maximum Gasteiger partial charge on any atom is 0.234 e. The highest BCUT2D eigenvalue weighted by molar-refractivity contribution is 7.91. The zero-order valence-electron chi connectivity index (χ0n) is 14.5. The Kier molecular flexibility index (Phi) is 6.26. The van der Waals surface area contributed by atoms with Gasteiger partial charge in [-0.1, -0.05) is 25.5 Å². The molecule has 0 aromatic heterocycles. The quantitative estimate of drug-likeness (QED) is 0.745. The van der Waals surface area contributed by atoms with Gasteiger partial charge >= 0.3 is 0 Å². The fraction of sp³-hybridized carbons (Fsp3) is 0.824. The number of rotatable bonds is 6. The Morgan fingerprint density at radius 1 is 1.39 bits per heavy atom. The molecule has 0 aromatic rings. The van der Waals surface area contributed by atoms with Crippen LogP contribution in [0, 0.1) is 11.8 Å². The minimum absolute atomic E-state index is 0.0564. The second kappa shape index (κ2) is 7.79. The molecule has 0 radical (unpaired) electrons. The van der Waals surface area contributed by atoms with Crippen molar-refractivity contribution in [1.29, 1.82) is 0 Å². The Morgan fingerprint density at radius 3 is 2.70 bits per heavy atom. The third-order valence-electron chi connectivity index (χ3n) is 5.23. The standard InChI is InChI=1S/C17H30N2O3S/c1-4-19(10-16-13(2)6-5-7-14(16)3)11-17(20)18-15-8-9-23(21,22)12-15/h6,14-16H,4-5,7-12H2,1-3H3,(H,18,20)/t14-,15+,16-/m0/s1. The number of nitrogens with one attached hydrogen (secondary N) is 1. The van der Waals surface area contributed by atoms with E-state index < -0.39 is 9.84 Å². The van der Waals surface area contributed by atoms with Crippen molar-refractivity contribution in [2.45, 2.75) is 46.1 Å². The fourth-order valence-corrected chi connectivity index (χ4v) is 5.34. The van der Waals surface area contributed by atoms with E-state index in [2.05, 4.69) is 37.1 Å². The molecule has 0 saturated carbocycles. The van der Waals surface area contributed by atoms with Crippen molar-refractivity contribution in [2.75, 3.05) is 31.1 Å². The molecule has 0 bridgehead atoms. The van der Waals surface area contributed by atoms with Crippen molar-refractivity contribution in [1.82, 2.24) is 10.2 Å². The van der Waals surface area contributed by atoms with E-state index in [9.17, 15) is 13.2 Å². The van der Waals surface area contributed by atoms with Crippen LogP contribution in [0.5, 0.6) is 0 Å². The SMILES string of the molecule is CCN(CC(=O)N[C@@H]1CCS(=O)(=O)C1)C[C@H]1C(C)=CCC[C@@H]1C. The number of likely N-dealkylation sites (N-methyl/N-ethyl adjacent to an activating group) is 1. The molecule has 1 aliphatic heterocycles. The number of carbonyl (C=O) groups is 1. The Labute approximate surface area is 140 Å². The lowest BCUT2D eigenvalue weighted by Gasteiger charge is -2.33. The topological polar surface area (TPSA) is 66.5 Å². The highest BCUT2D eigenvalue weighted by Gasteiger charge is 2.30. The molecule has 1 N–H and O–H groups in total. The average Bonchev–Trinajstić information content (AvgIpc) is 2.80. The van der Waals surface area contributed by atoms with Gasteiger partial charge in [0.25, 0.3) is 0 Å². The van der Waals surface area contributed by atoms with Gasteiger partial charge in [-0.3, -0.25) is 9.69 Å². The molecule has 3 atom stereocenters. The summed E-state index contributed by atoms with van der Waals surface area (Å²) < 4.78 is 22.9. The molecule has 2 aliphatic rings. The van der Waals surface area contributed by atoms with E-state index in [1.165, 1.54) is 12.0 Å². The van der Waals surface area contributed by atoms with Gasteiger partial charge in [0, 0.05) is 12.6 Å². The van der Waals surface area contributed by atoms with Crippen molar-refractivity contribution in [3.63, 3.8) is 0 Å². The predicted octanol–water partition coefficient (Wildman–Crippen LogP) is 1.60. The highest BCUT2D eigenvalue weighted by atomic mass is 32.2. The minimum Gasteiger partial charge on any atom is -0.351 e. The molecule has 5 nitrogen and oxygen atoms in total. The molecule has 0 aromatic carbocycles. The second-order valence-electron chi connectivity index (χ2n) is 7.10. The van der Waals surface area contributed by atoms with Crippen molar-refractivity contribution in [3.05, 3.63) is 11.6 Å². The van der Waals surface area contributed by atoms with E-state index in [0.717, 1.165) is 19.5 Å². The summed E-state index contributed by atoms with van der Waals surface area (Å²) in [6.07, 6.45) is 5.24. The summed E-state index contributed by atoms with van der Waals surface area (Å²) in [6.45, 7) is 8.63. The summed E-state index contributed by atoms with van der Waals surface area (Å²) in [4.78, 5) is 14.4. The van der Waals surface area contributed by atoms with E-state index in [1.54, 1.807) is 0 Å². The van der Waals surface area contributed by atoms with Crippen LogP contribution in [0.25, 0.3) is 0 Å². The summed E-state index contributed by atoms with van der Waals surface area (Å²) in [6, 6.07) is -0.207. The fourth-order valence-electron chi connectivity index (χ4n) is 3.67. The van der Waals surface area contributed by atoms with Crippen LogP contribution in [0.1, 0.15) is 40.0 Å². The average molecular weight is 343 g/mol. The number of amides is 1. The zero-order chi connectivity index (χ0) is 17.0. The Morgan fingerprint density at radius 2 is 2.13 bits per heavy atom. The third kappa shape index (κ3) is 5.31. The summed E-state index contributed by atoms with van der Waals surface area (Å²) in [7, 11) is -2.95. The van der Waals surface area contributed by atoms with Crippen LogP contribution in [-0.4, -0.2) is 56.4 Å². The van der Waals surface area contributed by atoms with Crippen LogP contribution in [0.2, 0.25) is 0 Å². The van der Waals surface area contributed by atoms with Gasteiger partial charge in [-0.05, 0) is 44.6 Å². The minimum atomic E-state index is -2.95. The Bertz CT molecular complexity index is 556. The van der Waals surface area contributed by atoms with Crippen molar-refractivity contribution in [2.24, 2.45) is 11.8 Å². The molecular weight excluding hydrogens is 312 g/mol. The molecule has 0 spiro atoms. The normalized spacial score (nSPS) is 30.3. The second-order valence-corrected chi connectivity index (χ2v) is 9.33. The molecule has 1 fully saturated rings. The Hall–Kier alpha value is -0.880. The smallest absolute Gasteiger partial charge is 0.234 e. The summed E-state index contributed by atoms with van der Waals surface area (Å²) in [5.74, 6) is 1.39. The first kappa shape index (κ1) is 18.5. The number of allylic oxidation sites excluding steroid dienone is 1. The van der Waals surface area contributed by atoms with Gasteiger partial charge in [-0.25, -0.2) is 8.42 Å². The lowest BCUT2D eigenvalue weighted by Crippen LogP contribution is -2.44. The van der Waals surface area contributed by atoms with Crippen molar-refractivity contribution < 1.29 is 13.2 Å². The van der Waals surface area contributed by atoms with E-state index in [1.807, 2.05) is 0 Å². The van der Waals surface area contributed by atoms with Gasteiger partial charge in [0.1, 0.15) is 0 Å². The summed E-state index contributed by atoms with van der Waals surface area (Å²) >= 11 is 0. The molecule has 1 aliphatic carbocycles. The summed E-state index contributed by atoms with van der Waals surface area (Å²) in [5.41, 5.74) is 1.43. The van der Waals surface area contributed by atoms with E-state index in [4.69, 9.17) is 0 Å². The lowest BCUT2D eigenvalue weighted by atomic mass is 9.80. The van der Waals surface area contributed by atoms with Crippen molar-refractivity contribution in [3.8, 4) is 0 Å². The number of hydrogen-bond acceptors (Lipinski definition) is 4.